The molecule has 1 atom stereocenters. The molecule has 1 unspecified atom stereocenters. The molecule has 1 aromatic heterocycles. The number of nitrogens with zero attached hydrogens (tertiary/aromatic N) is 1. The van der Waals surface area contributed by atoms with Gasteiger partial charge in [-0.3, -0.25) is 0 Å². The van der Waals surface area contributed by atoms with Crippen LogP contribution < -0.4 is 0 Å². The van der Waals surface area contributed by atoms with Crippen LogP contribution in [0.25, 0.3) is 0 Å². The lowest BCUT2D eigenvalue weighted by Gasteiger charge is -2.18. The third-order valence-corrected chi connectivity index (χ3v) is 3.39. The fraction of sp³-hybridized carbons (Fsp3) is 0.600. The highest BCUT2D eigenvalue weighted by atomic mass is 35.5. The summed E-state index contributed by atoms with van der Waals surface area (Å²) >= 11 is 7.40. The summed E-state index contributed by atoms with van der Waals surface area (Å²) in [6, 6.07) is 3.91. The van der Waals surface area contributed by atoms with Crippen molar-refractivity contribution in [3.8, 4) is 0 Å². The summed E-state index contributed by atoms with van der Waals surface area (Å²) in [5.41, 5.74) is 0. The zero-order chi connectivity index (χ0) is 11.3. The first-order chi connectivity index (χ1) is 7.11. The van der Waals surface area contributed by atoms with Crippen molar-refractivity contribution in [1.82, 2.24) is 4.90 Å². The second-order valence-electron chi connectivity index (χ2n) is 3.55. The molecule has 0 saturated carbocycles. The van der Waals surface area contributed by atoms with E-state index in [-0.39, 0.29) is 6.61 Å². The van der Waals surface area contributed by atoms with Crippen LogP contribution >= 0.6 is 22.9 Å². The van der Waals surface area contributed by atoms with Crippen molar-refractivity contribution in [3.63, 3.8) is 0 Å². The predicted octanol–water partition coefficient (Wildman–Crippen LogP) is 1.23. The Labute approximate surface area is 98.9 Å². The van der Waals surface area contributed by atoms with E-state index in [0.717, 1.165) is 17.3 Å². The maximum absolute atomic E-state index is 9.22. The Morgan fingerprint density at radius 2 is 2.27 bits per heavy atom. The van der Waals surface area contributed by atoms with Gasteiger partial charge in [0.1, 0.15) is 0 Å². The molecule has 0 spiro atoms. The quantitative estimate of drug-likeness (QED) is 0.797. The van der Waals surface area contributed by atoms with Gasteiger partial charge in [0.25, 0.3) is 0 Å². The number of aliphatic hydroxyl groups excluding tert-OH is 2. The van der Waals surface area contributed by atoms with Crippen molar-refractivity contribution in [2.24, 2.45) is 0 Å². The molecule has 0 fully saturated rings. The van der Waals surface area contributed by atoms with Gasteiger partial charge in [0.05, 0.1) is 17.0 Å². The van der Waals surface area contributed by atoms with E-state index < -0.39 is 6.10 Å². The van der Waals surface area contributed by atoms with Crippen LogP contribution in [0, 0.1) is 0 Å². The number of rotatable bonds is 6. The summed E-state index contributed by atoms with van der Waals surface area (Å²) in [7, 11) is 1.92. The second kappa shape index (κ2) is 6.45. The van der Waals surface area contributed by atoms with Crippen LogP contribution in [0.3, 0.4) is 0 Å². The van der Waals surface area contributed by atoms with Gasteiger partial charge in [-0.25, -0.2) is 0 Å². The summed E-state index contributed by atoms with van der Waals surface area (Å²) in [6.07, 6.45) is 0.272. The Hall–Kier alpha value is -0.130. The molecule has 0 radical (unpaired) electrons. The molecule has 15 heavy (non-hydrogen) atoms. The lowest BCUT2D eigenvalue weighted by atomic mass is 10.3. The van der Waals surface area contributed by atoms with Crippen LogP contribution in [0.1, 0.15) is 4.88 Å². The molecule has 0 aromatic carbocycles. The number of thiophene rings is 1. The SMILES string of the molecule is CN(CCc1ccc(Cl)s1)CC(O)CO. The highest BCUT2D eigenvalue weighted by Gasteiger charge is 2.07. The molecule has 3 nitrogen and oxygen atoms in total. The monoisotopic (exact) mass is 249 g/mol. The molecule has 1 heterocycles. The van der Waals surface area contributed by atoms with Crippen LogP contribution in [-0.4, -0.2) is 48.0 Å². The molecule has 0 saturated heterocycles. The smallest absolute Gasteiger partial charge is 0.0931 e. The third-order valence-electron chi connectivity index (χ3n) is 2.10. The maximum atomic E-state index is 9.22. The standard InChI is InChI=1S/C10H16ClNO2S/c1-12(6-8(14)7-13)5-4-9-2-3-10(11)15-9/h2-3,8,13-14H,4-7H2,1H3. The fourth-order valence-electron chi connectivity index (χ4n) is 1.30. The van der Waals surface area contributed by atoms with E-state index in [1.54, 1.807) is 11.3 Å². The normalized spacial score (nSPS) is 13.4. The molecule has 2 N–H and O–H groups in total. The predicted molar refractivity (Wildman–Crippen MR) is 63.6 cm³/mol. The van der Waals surface area contributed by atoms with Gasteiger partial charge >= 0.3 is 0 Å². The van der Waals surface area contributed by atoms with E-state index >= 15 is 0 Å². The Balaban J connectivity index is 2.25. The van der Waals surface area contributed by atoms with E-state index in [4.69, 9.17) is 16.7 Å². The first-order valence-corrected chi connectivity index (χ1v) is 6.03. The second-order valence-corrected chi connectivity index (χ2v) is 5.35. The number of likely N-dealkylation sites (N-methyl/N-ethyl adjacent to an activating group) is 1. The van der Waals surface area contributed by atoms with Crippen molar-refractivity contribution in [3.05, 3.63) is 21.3 Å². The topological polar surface area (TPSA) is 43.7 Å². The molecular weight excluding hydrogens is 234 g/mol. The Bertz CT molecular complexity index is 293. The van der Waals surface area contributed by atoms with Crippen LogP contribution in [0.2, 0.25) is 4.34 Å². The zero-order valence-electron chi connectivity index (χ0n) is 8.69. The molecule has 5 heteroatoms. The molecule has 0 amide bonds. The average molecular weight is 250 g/mol. The van der Waals surface area contributed by atoms with E-state index in [0.29, 0.717) is 6.54 Å². The minimum absolute atomic E-state index is 0.185. The van der Waals surface area contributed by atoms with Gasteiger partial charge < -0.3 is 15.1 Å². The van der Waals surface area contributed by atoms with E-state index in [1.807, 2.05) is 24.1 Å². The van der Waals surface area contributed by atoms with Gasteiger partial charge in [-0.15, -0.1) is 11.3 Å². The van der Waals surface area contributed by atoms with E-state index in [2.05, 4.69) is 0 Å². The summed E-state index contributed by atoms with van der Waals surface area (Å²) < 4.78 is 0.808. The van der Waals surface area contributed by atoms with Crippen molar-refractivity contribution >= 4 is 22.9 Å². The van der Waals surface area contributed by atoms with Crippen LogP contribution in [-0.2, 0) is 6.42 Å². The van der Waals surface area contributed by atoms with E-state index in [9.17, 15) is 5.11 Å². The van der Waals surface area contributed by atoms with Crippen LogP contribution in [0.15, 0.2) is 12.1 Å². The lowest BCUT2D eigenvalue weighted by Crippen LogP contribution is -2.32. The molecule has 0 aliphatic carbocycles. The van der Waals surface area contributed by atoms with Crippen molar-refractivity contribution in [2.45, 2.75) is 12.5 Å². The average Bonchev–Trinajstić information content (AvgIpc) is 2.61. The zero-order valence-corrected chi connectivity index (χ0v) is 10.3. The third kappa shape index (κ3) is 4.95. The number of aliphatic hydroxyl groups is 2. The molecule has 1 aromatic rings. The highest BCUT2D eigenvalue weighted by molar-refractivity contribution is 7.16. The van der Waals surface area contributed by atoms with Crippen molar-refractivity contribution in [2.75, 3.05) is 26.7 Å². The number of hydrogen-bond donors (Lipinski definition) is 2. The molecular formula is C10H16ClNO2S. The highest BCUT2D eigenvalue weighted by Crippen LogP contribution is 2.21. The maximum Gasteiger partial charge on any atom is 0.0931 e. The Morgan fingerprint density at radius 1 is 1.53 bits per heavy atom. The minimum Gasteiger partial charge on any atom is -0.394 e. The van der Waals surface area contributed by atoms with Crippen LogP contribution in [0.4, 0.5) is 0 Å². The first kappa shape index (κ1) is 12.9. The Kier molecular flexibility index (Phi) is 5.56. The number of hydrogen-bond acceptors (Lipinski definition) is 4. The summed E-state index contributed by atoms with van der Waals surface area (Å²) in [5, 5.41) is 17.9. The van der Waals surface area contributed by atoms with Crippen molar-refractivity contribution in [1.29, 1.82) is 0 Å². The minimum atomic E-state index is -0.651. The Morgan fingerprint density at radius 3 is 2.80 bits per heavy atom. The lowest BCUT2D eigenvalue weighted by molar-refractivity contribution is 0.0670. The first-order valence-electron chi connectivity index (χ1n) is 4.83. The van der Waals surface area contributed by atoms with Gasteiger partial charge in [0, 0.05) is 18.0 Å². The van der Waals surface area contributed by atoms with Gasteiger partial charge in [0.2, 0.25) is 0 Å². The van der Waals surface area contributed by atoms with Gasteiger partial charge in [-0.1, -0.05) is 11.6 Å². The molecule has 0 aliphatic rings. The largest absolute Gasteiger partial charge is 0.394 e. The van der Waals surface area contributed by atoms with Gasteiger partial charge in [-0.05, 0) is 25.6 Å². The summed E-state index contributed by atoms with van der Waals surface area (Å²) in [4.78, 5) is 3.24. The van der Waals surface area contributed by atoms with Gasteiger partial charge in [-0.2, -0.15) is 0 Å². The fourth-order valence-corrected chi connectivity index (χ4v) is 2.37. The van der Waals surface area contributed by atoms with Crippen molar-refractivity contribution < 1.29 is 10.2 Å². The molecule has 0 aliphatic heterocycles. The number of halogens is 1. The molecule has 0 bridgehead atoms. The summed E-state index contributed by atoms with van der Waals surface area (Å²) in [5.74, 6) is 0. The molecule has 1 rings (SSSR count). The molecule has 86 valence electrons. The summed E-state index contributed by atoms with van der Waals surface area (Å²) in [6.45, 7) is 1.17. The van der Waals surface area contributed by atoms with Gasteiger partial charge in [0.15, 0.2) is 0 Å². The van der Waals surface area contributed by atoms with E-state index in [1.165, 1.54) is 4.88 Å². The van der Waals surface area contributed by atoms with Crippen LogP contribution in [0.5, 0.6) is 0 Å².